The van der Waals surface area contributed by atoms with Crippen LogP contribution in [0.4, 0.5) is 0 Å². The molecule has 0 radical (unpaired) electrons. The third-order valence-corrected chi connectivity index (χ3v) is 7.85. The third-order valence-electron chi connectivity index (χ3n) is 7.85. The Hall–Kier alpha value is -5.42. The quantitative estimate of drug-likeness (QED) is 0.239. The standard InChI is InChI=1S/C34H20N4O/c1-5-13-27-21(9-1)22-10-2-6-14-28(22)37(27)33-31-25(17-19-35-33)26-18-20-36-34(32(26)39-31)38-29-15-7-3-11-23(29)24-12-4-8-16-30(24)38/h1-20H. The molecule has 0 atom stereocenters. The molecule has 5 heteroatoms. The predicted molar refractivity (Wildman–Crippen MR) is 158 cm³/mol. The SMILES string of the molecule is c1ccc2c(c1)c1ccccc1n2-c1nccc2c1oc1c(-n3c4ccccc4c4ccccc43)nccc12. The van der Waals surface area contributed by atoms with Crippen LogP contribution in [0.5, 0.6) is 0 Å². The minimum atomic E-state index is 0.744. The second kappa shape index (κ2) is 7.55. The Bertz CT molecular complexity index is 2130. The van der Waals surface area contributed by atoms with E-state index in [2.05, 4.69) is 106 Å². The number of aromatic nitrogens is 4. The molecular weight excluding hydrogens is 480 g/mol. The zero-order valence-corrected chi connectivity index (χ0v) is 20.7. The molecule has 0 aliphatic carbocycles. The molecule has 0 unspecified atom stereocenters. The average Bonchev–Trinajstić information content (AvgIpc) is 3.65. The highest BCUT2D eigenvalue weighted by Gasteiger charge is 2.22. The van der Waals surface area contributed by atoms with Gasteiger partial charge in [0.2, 0.25) is 0 Å². The highest BCUT2D eigenvalue weighted by molar-refractivity contribution is 6.14. The fourth-order valence-corrected chi connectivity index (χ4v) is 6.22. The lowest BCUT2D eigenvalue weighted by Crippen LogP contribution is -1.97. The van der Waals surface area contributed by atoms with E-state index in [1.807, 2.05) is 24.5 Å². The van der Waals surface area contributed by atoms with Gasteiger partial charge < -0.3 is 4.42 Å². The van der Waals surface area contributed by atoms with Crippen molar-refractivity contribution in [1.29, 1.82) is 0 Å². The summed E-state index contributed by atoms with van der Waals surface area (Å²) in [6.07, 6.45) is 3.74. The summed E-state index contributed by atoms with van der Waals surface area (Å²) in [7, 11) is 0. The van der Waals surface area contributed by atoms with Gasteiger partial charge >= 0.3 is 0 Å². The van der Waals surface area contributed by atoms with Crippen LogP contribution >= 0.6 is 0 Å². The number of nitrogens with zero attached hydrogens (tertiary/aromatic N) is 4. The lowest BCUT2D eigenvalue weighted by molar-refractivity contribution is 0.658. The number of fused-ring (bicyclic) bond motifs is 9. The van der Waals surface area contributed by atoms with Crippen molar-refractivity contribution >= 4 is 65.6 Å². The van der Waals surface area contributed by atoms with E-state index < -0.39 is 0 Å². The van der Waals surface area contributed by atoms with Gasteiger partial charge in [-0.05, 0) is 36.4 Å². The molecule has 5 aromatic heterocycles. The van der Waals surface area contributed by atoms with Crippen molar-refractivity contribution in [1.82, 2.24) is 19.1 Å². The Kier molecular flexibility index (Phi) is 3.99. The first-order valence-corrected chi connectivity index (χ1v) is 13.0. The lowest BCUT2D eigenvalue weighted by Gasteiger charge is -2.07. The molecular formula is C34H20N4O. The van der Waals surface area contributed by atoms with Crippen LogP contribution < -0.4 is 0 Å². The maximum atomic E-state index is 6.79. The van der Waals surface area contributed by atoms with E-state index >= 15 is 0 Å². The molecule has 9 aromatic rings. The lowest BCUT2D eigenvalue weighted by atomic mass is 10.2. The molecule has 182 valence electrons. The van der Waals surface area contributed by atoms with E-state index in [1.54, 1.807) is 0 Å². The molecule has 0 saturated carbocycles. The van der Waals surface area contributed by atoms with E-state index in [1.165, 1.54) is 21.5 Å². The fourth-order valence-electron chi connectivity index (χ4n) is 6.22. The Labute approximate surface area is 222 Å². The number of rotatable bonds is 2. The second-order valence-electron chi connectivity index (χ2n) is 9.86. The van der Waals surface area contributed by atoms with Gasteiger partial charge in [-0.1, -0.05) is 72.8 Å². The Balaban J connectivity index is 1.41. The van der Waals surface area contributed by atoms with Crippen LogP contribution in [0.1, 0.15) is 0 Å². The monoisotopic (exact) mass is 500 g/mol. The minimum absolute atomic E-state index is 0.744. The number of benzene rings is 4. The molecule has 0 N–H and O–H groups in total. The summed E-state index contributed by atoms with van der Waals surface area (Å²) in [6, 6.07) is 37.9. The second-order valence-corrected chi connectivity index (χ2v) is 9.86. The Morgan fingerprint density at radius 3 is 1.08 bits per heavy atom. The first-order valence-electron chi connectivity index (χ1n) is 13.0. The van der Waals surface area contributed by atoms with Crippen molar-refractivity contribution in [3.8, 4) is 11.6 Å². The molecule has 0 fully saturated rings. The van der Waals surface area contributed by atoms with Crippen molar-refractivity contribution in [2.24, 2.45) is 0 Å². The molecule has 9 rings (SSSR count). The number of furan rings is 1. The van der Waals surface area contributed by atoms with Gasteiger partial charge in [-0.2, -0.15) is 0 Å². The zero-order chi connectivity index (χ0) is 25.5. The largest absolute Gasteiger partial charge is 0.448 e. The maximum absolute atomic E-state index is 6.79. The van der Waals surface area contributed by atoms with Crippen LogP contribution in [0.3, 0.4) is 0 Å². The first kappa shape index (κ1) is 20.6. The van der Waals surface area contributed by atoms with Crippen molar-refractivity contribution < 1.29 is 4.42 Å². The van der Waals surface area contributed by atoms with Crippen LogP contribution in [0.2, 0.25) is 0 Å². The van der Waals surface area contributed by atoms with Crippen LogP contribution in [0.15, 0.2) is 126 Å². The van der Waals surface area contributed by atoms with Gasteiger partial charge in [0, 0.05) is 44.7 Å². The van der Waals surface area contributed by atoms with Gasteiger partial charge in [-0.25, -0.2) is 9.97 Å². The van der Waals surface area contributed by atoms with Gasteiger partial charge in [0.15, 0.2) is 22.8 Å². The Morgan fingerprint density at radius 2 is 0.718 bits per heavy atom. The van der Waals surface area contributed by atoms with Gasteiger partial charge in [-0.15, -0.1) is 0 Å². The fraction of sp³-hybridized carbons (Fsp3) is 0. The first-order chi connectivity index (χ1) is 19.4. The summed E-state index contributed by atoms with van der Waals surface area (Å²) in [5.41, 5.74) is 5.88. The van der Waals surface area contributed by atoms with Crippen molar-refractivity contribution in [2.45, 2.75) is 0 Å². The van der Waals surface area contributed by atoms with E-state index in [9.17, 15) is 0 Å². The normalized spacial score (nSPS) is 12.1. The minimum Gasteiger partial charge on any atom is -0.448 e. The zero-order valence-electron chi connectivity index (χ0n) is 20.7. The molecule has 39 heavy (non-hydrogen) atoms. The van der Waals surface area contributed by atoms with Gasteiger partial charge in [0.25, 0.3) is 0 Å². The van der Waals surface area contributed by atoms with Crippen LogP contribution in [-0.4, -0.2) is 19.1 Å². The summed E-state index contributed by atoms with van der Waals surface area (Å²) >= 11 is 0. The van der Waals surface area contributed by atoms with Crippen LogP contribution in [0.25, 0.3) is 77.2 Å². The number of para-hydroxylation sites is 4. The molecule has 5 nitrogen and oxygen atoms in total. The van der Waals surface area contributed by atoms with E-state index in [0.717, 1.165) is 55.6 Å². The van der Waals surface area contributed by atoms with Gasteiger partial charge in [0.1, 0.15) is 0 Å². The van der Waals surface area contributed by atoms with E-state index in [4.69, 9.17) is 14.4 Å². The summed E-state index contributed by atoms with van der Waals surface area (Å²) < 4.78 is 11.2. The van der Waals surface area contributed by atoms with Gasteiger partial charge in [0.05, 0.1) is 22.1 Å². The number of hydrogen-bond acceptors (Lipinski definition) is 3. The number of hydrogen-bond donors (Lipinski definition) is 0. The molecule has 0 aliphatic rings. The predicted octanol–water partition coefficient (Wildman–Crippen LogP) is 8.57. The molecule has 0 saturated heterocycles. The summed E-state index contributed by atoms with van der Waals surface area (Å²) in [6.45, 7) is 0. The molecule has 5 heterocycles. The molecule has 4 aromatic carbocycles. The number of pyridine rings is 2. The van der Waals surface area contributed by atoms with Crippen molar-refractivity contribution in [3.63, 3.8) is 0 Å². The summed E-state index contributed by atoms with van der Waals surface area (Å²) in [4.78, 5) is 9.76. The van der Waals surface area contributed by atoms with E-state index in [0.29, 0.717) is 0 Å². The van der Waals surface area contributed by atoms with Gasteiger partial charge in [-0.3, -0.25) is 9.13 Å². The average molecular weight is 501 g/mol. The van der Waals surface area contributed by atoms with E-state index in [-0.39, 0.29) is 0 Å². The van der Waals surface area contributed by atoms with Crippen LogP contribution in [0, 0.1) is 0 Å². The van der Waals surface area contributed by atoms with Crippen LogP contribution in [-0.2, 0) is 0 Å². The van der Waals surface area contributed by atoms with Crippen molar-refractivity contribution in [3.05, 3.63) is 122 Å². The third kappa shape index (κ3) is 2.68. The molecule has 0 bridgehead atoms. The summed E-state index contributed by atoms with van der Waals surface area (Å²) in [5.74, 6) is 1.54. The molecule has 0 spiro atoms. The molecule has 0 aliphatic heterocycles. The van der Waals surface area contributed by atoms with Crippen molar-refractivity contribution in [2.75, 3.05) is 0 Å². The highest BCUT2D eigenvalue weighted by Crippen LogP contribution is 2.39. The highest BCUT2D eigenvalue weighted by atomic mass is 16.3. The smallest absolute Gasteiger partial charge is 0.181 e. The maximum Gasteiger partial charge on any atom is 0.181 e. The molecule has 0 amide bonds. The Morgan fingerprint density at radius 1 is 0.385 bits per heavy atom. The topological polar surface area (TPSA) is 48.8 Å². The summed E-state index contributed by atoms with van der Waals surface area (Å²) in [5, 5.41) is 6.79.